The standard InChI is InChI=1S/C46H37NO.C46H37NS.C44H37N/c2*1-2-9-31(10-3-1)32-17-19-35(20-18-32)47(36-21-22-38-37-11-5-7-16-43(37)48-44(38)28-36)42-15-8-14-41-45(42)39-12-4-6-13-40(39)46(41)33-24-29-23-30(26-33)27-34(46)25-29;1-2-10-31(11-3-1)32-20-22-36(23-21-32)45(41-18-8-13-33-12-4-5-14-37(33)41)42-19-9-17-40-43(42)38-15-6-7-16-39(38)44(40)34-25-29-24-30(27-34)28-35(44)26-29/h2*1-22,28-30,33-34H,23-27H2;1-23,29-30,34-35H,24-28H2. The van der Waals surface area contributed by atoms with E-state index in [9.17, 15) is 0 Å². The Balaban J connectivity index is 0.0000000992. The Bertz CT molecular complexity index is 7930. The molecule has 141 heavy (non-hydrogen) atoms. The van der Waals surface area contributed by atoms with Crippen molar-refractivity contribution in [2.45, 2.75) is 113 Å². The Morgan fingerprint density at radius 2 is 0.496 bits per heavy atom. The summed E-state index contributed by atoms with van der Waals surface area (Å²) in [6, 6.07) is 157. The number of para-hydroxylation sites is 1. The normalized spacial score (nSPS) is 25.0. The number of nitrogens with zero attached hydrogens (tertiary/aromatic N) is 3. The molecular formula is C136H111N3OS. The van der Waals surface area contributed by atoms with E-state index in [4.69, 9.17) is 4.42 Å². The van der Waals surface area contributed by atoms with Gasteiger partial charge in [0.25, 0.3) is 0 Å². The van der Waals surface area contributed by atoms with Crippen LogP contribution in [0.2, 0.25) is 0 Å². The first kappa shape index (κ1) is 82.5. The van der Waals surface area contributed by atoms with Crippen LogP contribution < -0.4 is 14.7 Å². The van der Waals surface area contributed by atoms with Gasteiger partial charge >= 0.3 is 0 Å². The van der Waals surface area contributed by atoms with Crippen LogP contribution in [0.15, 0.2) is 423 Å². The molecule has 12 saturated carbocycles. The molecule has 2 heterocycles. The van der Waals surface area contributed by atoms with Crippen LogP contribution in [0.4, 0.5) is 51.2 Å². The average molecular weight is 1840 g/mol. The van der Waals surface area contributed by atoms with Crippen molar-refractivity contribution in [2.75, 3.05) is 14.7 Å². The van der Waals surface area contributed by atoms with Crippen LogP contribution in [-0.2, 0) is 16.2 Å². The van der Waals surface area contributed by atoms with E-state index in [-0.39, 0.29) is 16.2 Å². The third-order valence-electron chi connectivity index (χ3n) is 37.3. The number of anilines is 9. The molecule has 35 rings (SSSR count). The van der Waals surface area contributed by atoms with Gasteiger partial charge in [0.05, 0.1) is 22.7 Å². The van der Waals surface area contributed by atoms with Gasteiger partial charge in [0.1, 0.15) is 11.2 Å². The predicted octanol–water partition coefficient (Wildman–Crippen LogP) is 37.1. The van der Waals surface area contributed by atoms with Crippen molar-refractivity contribution in [1.82, 2.24) is 0 Å². The fourth-order valence-corrected chi connectivity index (χ4v) is 33.9. The Morgan fingerprint density at radius 3 is 0.936 bits per heavy atom. The second-order valence-corrected chi connectivity index (χ2v) is 45.1. The molecule has 15 aliphatic rings. The van der Waals surface area contributed by atoms with E-state index in [1.807, 2.05) is 11.3 Å². The van der Waals surface area contributed by atoms with Crippen molar-refractivity contribution < 1.29 is 4.42 Å². The molecule has 0 atom stereocenters. The second-order valence-electron chi connectivity index (χ2n) is 44.1. The van der Waals surface area contributed by atoms with E-state index in [1.54, 1.807) is 33.4 Å². The molecule has 5 heteroatoms. The molecule has 0 unspecified atom stereocenters. The molecule has 3 spiro atoms. The highest BCUT2D eigenvalue weighted by molar-refractivity contribution is 7.25. The summed E-state index contributed by atoms with van der Waals surface area (Å²) in [5, 5.41) is 7.56. The molecule has 0 saturated heterocycles. The maximum Gasteiger partial charge on any atom is 0.137 e. The minimum absolute atomic E-state index is 0.126. The van der Waals surface area contributed by atoms with Crippen molar-refractivity contribution in [3.63, 3.8) is 0 Å². The number of thiophene rings is 1. The molecule has 0 aliphatic heterocycles. The van der Waals surface area contributed by atoms with Crippen molar-refractivity contribution >= 4 is 115 Å². The Hall–Kier alpha value is -14.4. The minimum Gasteiger partial charge on any atom is -0.456 e. The van der Waals surface area contributed by atoms with Crippen molar-refractivity contribution in [3.05, 3.63) is 452 Å². The van der Waals surface area contributed by atoms with Crippen LogP contribution in [0.1, 0.15) is 130 Å². The van der Waals surface area contributed by atoms with Crippen LogP contribution in [0.5, 0.6) is 0 Å². The molecule has 682 valence electrons. The first-order chi connectivity index (χ1) is 69.8. The lowest BCUT2D eigenvalue weighted by atomic mass is 9.43. The van der Waals surface area contributed by atoms with E-state index in [0.717, 1.165) is 104 Å². The maximum absolute atomic E-state index is 6.47. The smallest absolute Gasteiger partial charge is 0.137 e. The number of rotatable bonds is 12. The average Bonchev–Trinajstić information content (AvgIpc) is 1.54. The van der Waals surface area contributed by atoms with Gasteiger partial charge in [-0.25, -0.2) is 0 Å². The van der Waals surface area contributed by atoms with Crippen molar-refractivity contribution in [2.24, 2.45) is 71.0 Å². The summed E-state index contributed by atoms with van der Waals surface area (Å²) in [6.45, 7) is 0. The van der Waals surface area contributed by atoms with Crippen LogP contribution in [-0.4, -0.2) is 0 Å². The van der Waals surface area contributed by atoms with Crippen LogP contribution in [0, 0.1) is 71.0 Å². The number of fused-ring (bicyclic) bond motifs is 16. The number of furan rings is 1. The van der Waals surface area contributed by atoms with Gasteiger partial charge in [-0.3, -0.25) is 0 Å². The monoisotopic (exact) mass is 1830 g/mol. The predicted molar refractivity (Wildman–Crippen MR) is 587 cm³/mol. The fourth-order valence-electron chi connectivity index (χ4n) is 32.8. The molecule has 4 nitrogen and oxygen atoms in total. The zero-order chi connectivity index (χ0) is 92.3. The summed E-state index contributed by atoms with van der Waals surface area (Å²) in [4.78, 5) is 7.61. The topological polar surface area (TPSA) is 22.9 Å². The van der Waals surface area contributed by atoms with Gasteiger partial charge < -0.3 is 19.1 Å². The van der Waals surface area contributed by atoms with Crippen molar-refractivity contribution in [3.8, 4) is 66.8 Å². The first-order valence-corrected chi connectivity index (χ1v) is 53.5. The lowest BCUT2D eigenvalue weighted by Crippen LogP contribution is -2.55. The van der Waals surface area contributed by atoms with E-state index in [2.05, 4.69) is 433 Å². The zero-order valence-electron chi connectivity index (χ0n) is 79.5. The Morgan fingerprint density at radius 1 is 0.199 bits per heavy atom. The first-order valence-electron chi connectivity index (χ1n) is 52.7. The highest BCUT2D eigenvalue weighted by Gasteiger charge is 2.65. The third kappa shape index (κ3) is 12.5. The van der Waals surface area contributed by atoms with Gasteiger partial charge in [-0.2, -0.15) is 0 Å². The summed E-state index contributed by atoms with van der Waals surface area (Å²) < 4.78 is 9.16. The molecule has 0 radical (unpaired) electrons. The van der Waals surface area contributed by atoms with E-state index < -0.39 is 0 Å². The molecular weight excluding hydrogens is 1720 g/mol. The summed E-state index contributed by atoms with van der Waals surface area (Å²) in [6.07, 6.45) is 21.2. The summed E-state index contributed by atoms with van der Waals surface area (Å²) in [7, 11) is 0. The lowest BCUT2D eigenvalue weighted by molar-refractivity contribution is -0.0399. The lowest BCUT2D eigenvalue weighted by Gasteiger charge is -2.61. The molecule has 20 aromatic rings. The molecule has 15 aliphatic carbocycles. The van der Waals surface area contributed by atoms with Gasteiger partial charge in [0, 0.05) is 104 Å². The van der Waals surface area contributed by atoms with E-state index in [1.165, 1.54) is 234 Å². The van der Waals surface area contributed by atoms with Gasteiger partial charge in [-0.1, -0.05) is 315 Å². The van der Waals surface area contributed by atoms with Gasteiger partial charge in [-0.05, 0) is 353 Å². The van der Waals surface area contributed by atoms with Gasteiger partial charge in [0.15, 0.2) is 0 Å². The number of benzene rings is 18. The Kier molecular flexibility index (Phi) is 18.9. The van der Waals surface area contributed by atoms with Crippen molar-refractivity contribution in [1.29, 1.82) is 0 Å². The largest absolute Gasteiger partial charge is 0.456 e. The van der Waals surface area contributed by atoms with Crippen LogP contribution in [0.3, 0.4) is 0 Å². The van der Waals surface area contributed by atoms with E-state index in [0.29, 0.717) is 0 Å². The van der Waals surface area contributed by atoms with Gasteiger partial charge in [0.2, 0.25) is 0 Å². The maximum atomic E-state index is 6.47. The highest BCUT2D eigenvalue weighted by Crippen LogP contribution is 2.75. The summed E-state index contributed by atoms with van der Waals surface area (Å²) >= 11 is 1.90. The van der Waals surface area contributed by atoms with Crippen LogP contribution >= 0.6 is 11.3 Å². The molecule has 12 bridgehead atoms. The summed E-state index contributed by atoms with van der Waals surface area (Å²) in [5.41, 5.74) is 39.0. The summed E-state index contributed by atoms with van der Waals surface area (Å²) in [5.74, 6) is 10.1. The third-order valence-corrected chi connectivity index (χ3v) is 38.5. The molecule has 2 aromatic heterocycles. The zero-order valence-corrected chi connectivity index (χ0v) is 80.3. The van der Waals surface area contributed by atoms with Gasteiger partial charge in [-0.15, -0.1) is 11.3 Å². The molecule has 12 fully saturated rings. The Labute approximate surface area is 830 Å². The quantitative estimate of drug-likeness (QED) is 0.122. The minimum atomic E-state index is 0.126. The van der Waals surface area contributed by atoms with E-state index >= 15 is 0 Å². The second kappa shape index (κ2) is 32.3. The molecule has 18 aromatic carbocycles. The fraction of sp³-hybridized carbons (Fsp3) is 0.221. The number of hydrogen-bond donors (Lipinski definition) is 0. The number of hydrogen-bond acceptors (Lipinski definition) is 5. The van der Waals surface area contributed by atoms with Crippen LogP contribution in [0.25, 0.3) is 120 Å². The molecule has 0 N–H and O–H groups in total. The molecule has 0 amide bonds. The SMILES string of the molecule is c1ccc(-c2ccc(N(c3ccc4c(c3)oc3ccccc34)c3cccc4c3-c3ccccc3C43C4CC5CC(C4)CC3C5)cc2)cc1.c1ccc(-c2ccc(N(c3ccc4c(c3)sc3ccccc34)c3cccc4c3-c3ccccc3C43C4CC5CC(C4)CC3C5)cc2)cc1.c1ccc(-c2ccc(N(c3cccc4c3-c3ccccc3C43C4CC5CC(C4)CC3C5)c3cccc4ccccc34)cc2)cc1. The highest BCUT2D eigenvalue weighted by atomic mass is 32.1.